The second-order valence-corrected chi connectivity index (χ2v) is 7.64. The van der Waals surface area contributed by atoms with E-state index < -0.39 is 23.5 Å². The molecule has 8 nitrogen and oxygen atoms in total. The van der Waals surface area contributed by atoms with Crippen LogP contribution in [0.15, 0.2) is 42.6 Å². The molecule has 3 amide bonds. The highest BCUT2D eigenvalue weighted by atomic mass is 19.1. The van der Waals surface area contributed by atoms with Crippen molar-refractivity contribution in [1.29, 1.82) is 0 Å². The van der Waals surface area contributed by atoms with Gasteiger partial charge < -0.3 is 20.3 Å². The van der Waals surface area contributed by atoms with Crippen molar-refractivity contribution in [3.63, 3.8) is 0 Å². The van der Waals surface area contributed by atoms with Gasteiger partial charge in [0, 0.05) is 32.2 Å². The van der Waals surface area contributed by atoms with Crippen LogP contribution in [0.2, 0.25) is 0 Å². The van der Waals surface area contributed by atoms with Gasteiger partial charge in [-0.2, -0.15) is 0 Å². The highest BCUT2D eigenvalue weighted by molar-refractivity contribution is 6.01. The first-order valence-corrected chi connectivity index (χ1v) is 10.6. The number of pyridine rings is 1. The van der Waals surface area contributed by atoms with E-state index in [1.54, 1.807) is 24.4 Å². The molecule has 1 saturated heterocycles. The molecule has 1 aliphatic rings. The number of rotatable bonds is 9. The van der Waals surface area contributed by atoms with Crippen molar-refractivity contribution in [1.82, 2.24) is 10.3 Å². The maximum absolute atomic E-state index is 14.4. The van der Waals surface area contributed by atoms with Crippen molar-refractivity contribution in [3.8, 4) is 0 Å². The SMILES string of the molecule is Cc1ccnc(NC(=O)CCC(=O)N(CC(=O)NCC2CCCO2)c2ccccc2F)c1. The fourth-order valence-electron chi connectivity index (χ4n) is 3.38. The standard InChI is InChI=1S/C23H27FN4O4/c1-16-10-11-25-20(13-16)27-21(29)8-9-23(31)28(19-7-3-2-6-18(19)24)15-22(30)26-14-17-5-4-12-32-17/h2-3,6-7,10-11,13,17H,4-5,8-9,12,14-15H2,1H3,(H,26,30)(H,25,27,29). The number of halogens is 1. The molecule has 3 rings (SSSR count). The Kier molecular flexibility index (Phi) is 8.27. The highest BCUT2D eigenvalue weighted by Gasteiger charge is 2.23. The summed E-state index contributed by atoms with van der Waals surface area (Å²) < 4.78 is 19.8. The lowest BCUT2D eigenvalue weighted by Crippen LogP contribution is -2.43. The first-order chi connectivity index (χ1) is 15.4. The smallest absolute Gasteiger partial charge is 0.240 e. The summed E-state index contributed by atoms with van der Waals surface area (Å²) in [6, 6.07) is 9.24. The van der Waals surface area contributed by atoms with Gasteiger partial charge in [-0.3, -0.25) is 14.4 Å². The van der Waals surface area contributed by atoms with Crippen LogP contribution in [-0.2, 0) is 19.1 Å². The summed E-state index contributed by atoms with van der Waals surface area (Å²) in [6.45, 7) is 2.52. The van der Waals surface area contributed by atoms with Crippen LogP contribution in [0.25, 0.3) is 0 Å². The van der Waals surface area contributed by atoms with Gasteiger partial charge in [-0.15, -0.1) is 0 Å². The number of amides is 3. The maximum Gasteiger partial charge on any atom is 0.240 e. The molecular formula is C23H27FN4O4. The molecule has 2 heterocycles. The molecule has 32 heavy (non-hydrogen) atoms. The van der Waals surface area contributed by atoms with Crippen molar-refractivity contribution in [2.45, 2.75) is 38.7 Å². The first kappa shape index (κ1) is 23.3. The van der Waals surface area contributed by atoms with E-state index in [0.717, 1.165) is 23.3 Å². The summed E-state index contributed by atoms with van der Waals surface area (Å²) in [7, 11) is 0. The summed E-state index contributed by atoms with van der Waals surface area (Å²) in [5.74, 6) is -1.59. The predicted octanol–water partition coefficient (Wildman–Crippen LogP) is 2.58. The molecule has 0 saturated carbocycles. The molecule has 1 fully saturated rings. The van der Waals surface area contributed by atoms with Crippen LogP contribution in [0.5, 0.6) is 0 Å². The van der Waals surface area contributed by atoms with E-state index in [9.17, 15) is 18.8 Å². The molecule has 1 aromatic carbocycles. The van der Waals surface area contributed by atoms with Crippen LogP contribution < -0.4 is 15.5 Å². The molecule has 1 aromatic heterocycles. The average Bonchev–Trinajstić information content (AvgIpc) is 3.29. The normalized spacial score (nSPS) is 15.2. The van der Waals surface area contributed by atoms with E-state index in [1.807, 2.05) is 6.92 Å². The van der Waals surface area contributed by atoms with Gasteiger partial charge in [0.05, 0.1) is 11.8 Å². The highest BCUT2D eigenvalue weighted by Crippen LogP contribution is 2.20. The van der Waals surface area contributed by atoms with Gasteiger partial charge in [0.25, 0.3) is 0 Å². The van der Waals surface area contributed by atoms with E-state index in [-0.39, 0.29) is 31.2 Å². The summed E-state index contributed by atoms with van der Waals surface area (Å²) >= 11 is 0. The molecule has 1 atom stereocenters. The van der Waals surface area contributed by atoms with E-state index >= 15 is 0 Å². The van der Waals surface area contributed by atoms with E-state index in [2.05, 4.69) is 15.6 Å². The third-order valence-corrected chi connectivity index (χ3v) is 5.05. The average molecular weight is 442 g/mol. The second-order valence-electron chi connectivity index (χ2n) is 7.64. The van der Waals surface area contributed by atoms with Gasteiger partial charge in [-0.1, -0.05) is 12.1 Å². The van der Waals surface area contributed by atoms with Crippen LogP contribution in [0.3, 0.4) is 0 Å². The van der Waals surface area contributed by atoms with Crippen molar-refractivity contribution < 1.29 is 23.5 Å². The summed E-state index contributed by atoms with van der Waals surface area (Å²) in [5, 5.41) is 5.37. The fourth-order valence-corrected chi connectivity index (χ4v) is 3.38. The molecule has 2 N–H and O–H groups in total. The molecule has 9 heteroatoms. The van der Waals surface area contributed by atoms with Crippen LogP contribution in [0.1, 0.15) is 31.2 Å². The molecule has 0 bridgehead atoms. The van der Waals surface area contributed by atoms with Gasteiger partial charge in [0.2, 0.25) is 17.7 Å². The van der Waals surface area contributed by atoms with Crippen LogP contribution in [0.4, 0.5) is 15.9 Å². The topological polar surface area (TPSA) is 101 Å². The lowest BCUT2D eigenvalue weighted by Gasteiger charge is -2.23. The Morgan fingerprint density at radius 3 is 2.72 bits per heavy atom. The van der Waals surface area contributed by atoms with Gasteiger partial charge in [0.15, 0.2) is 0 Å². The molecule has 170 valence electrons. The predicted molar refractivity (Wildman–Crippen MR) is 118 cm³/mol. The fraction of sp³-hybridized carbons (Fsp3) is 0.391. The number of hydrogen-bond acceptors (Lipinski definition) is 5. The number of para-hydroxylation sites is 1. The third kappa shape index (κ3) is 6.84. The number of hydrogen-bond donors (Lipinski definition) is 2. The molecule has 1 aliphatic heterocycles. The monoisotopic (exact) mass is 442 g/mol. The lowest BCUT2D eigenvalue weighted by atomic mass is 10.2. The summed E-state index contributed by atoms with van der Waals surface area (Å²) in [6.07, 6.45) is 3.02. The van der Waals surface area contributed by atoms with Crippen molar-refractivity contribution in [2.75, 3.05) is 29.9 Å². The molecule has 0 spiro atoms. The minimum atomic E-state index is -0.624. The van der Waals surface area contributed by atoms with Gasteiger partial charge in [-0.05, 0) is 49.6 Å². The van der Waals surface area contributed by atoms with Crippen molar-refractivity contribution in [3.05, 3.63) is 54.0 Å². The molecule has 0 radical (unpaired) electrons. The zero-order chi connectivity index (χ0) is 22.9. The Morgan fingerprint density at radius 1 is 1.19 bits per heavy atom. The largest absolute Gasteiger partial charge is 0.376 e. The van der Waals surface area contributed by atoms with E-state index in [0.29, 0.717) is 19.0 Å². The Bertz CT molecular complexity index is 963. The number of anilines is 2. The Labute approximate surface area is 186 Å². The molecular weight excluding hydrogens is 415 g/mol. The minimum absolute atomic E-state index is 0.00877. The number of nitrogens with zero attached hydrogens (tertiary/aromatic N) is 2. The Balaban J connectivity index is 1.60. The minimum Gasteiger partial charge on any atom is -0.376 e. The van der Waals surface area contributed by atoms with Crippen molar-refractivity contribution in [2.24, 2.45) is 0 Å². The summed E-state index contributed by atoms with van der Waals surface area (Å²) in [5.41, 5.74) is 0.927. The first-order valence-electron chi connectivity index (χ1n) is 10.6. The lowest BCUT2D eigenvalue weighted by molar-refractivity contribution is -0.125. The number of aryl methyl sites for hydroxylation is 1. The van der Waals surface area contributed by atoms with E-state index in [1.165, 1.54) is 18.2 Å². The van der Waals surface area contributed by atoms with Gasteiger partial charge >= 0.3 is 0 Å². The summed E-state index contributed by atoms with van der Waals surface area (Å²) in [4.78, 5) is 42.7. The van der Waals surface area contributed by atoms with Crippen LogP contribution >= 0.6 is 0 Å². The third-order valence-electron chi connectivity index (χ3n) is 5.05. The molecule has 2 aromatic rings. The number of ether oxygens (including phenoxy) is 1. The molecule has 1 unspecified atom stereocenters. The number of nitrogens with one attached hydrogen (secondary N) is 2. The Morgan fingerprint density at radius 2 is 2.00 bits per heavy atom. The number of aromatic nitrogens is 1. The van der Waals surface area contributed by atoms with Crippen LogP contribution in [-0.4, -0.2) is 48.5 Å². The van der Waals surface area contributed by atoms with Crippen LogP contribution in [0, 0.1) is 12.7 Å². The van der Waals surface area contributed by atoms with Crippen molar-refractivity contribution >= 4 is 29.2 Å². The van der Waals surface area contributed by atoms with Gasteiger partial charge in [-0.25, -0.2) is 9.37 Å². The van der Waals surface area contributed by atoms with Gasteiger partial charge in [0.1, 0.15) is 18.2 Å². The quantitative estimate of drug-likeness (QED) is 0.622. The molecule has 0 aliphatic carbocycles. The van der Waals surface area contributed by atoms with E-state index in [4.69, 9.17) is 4.74 Å². The zero-order valence-electron chi connectivity index (χ0n) is 18.0. The number of carbonyl (C=O) groups excluding carboxylic acids is 3. The number of benzene rings is 1. The zero-order valence-corrected chi connectivity index (χ0v) is 18.0. The Hall–Kier alpha value is -3.33. The second kappa shape index (κ2) is 11.3. The maximum atomic E-state index is 14.4. The number of carbonyl (C=O) groups is 3.